The molecule has 2 rings (SSSR count). The lowest BCUT2D eigenvalue weighted by Crippen LogP contribution is -2.48. The van der Waals surface area contributed by atoms with E-state index in [-0.39, 0.29) is 11.0 Å². The molecule has 1 aromatic rings. The van der Waals surface area contributed by atoms with Gasteiger partial charge in [0.25, 0.3) is 0 Å². The number of benzene rings is 1. The standard InChI is InChI=1S/C14H21NO/c1-13(2)8-9-14(10-15,11-16-13)12-6-4-3-5-7-12/h3-7H,8-11,15H2,1-2H3. The van der Waals surface area contributed by atoms with E-state index in [1.54, 1.807) is 0 Å². The fourth-order valence-electron chi connectivity index (χ4n) is 2.32. The van der Waals surface area contributed by atoms with Crippen LogP contribution in [0.5, 0.6) is 0 Å². The second kappa shape index (κ2) is 4.19. The lowest BCUT2D eigenvalue weighted by atomic mass is 9.73. The van der Waals surface area contributed by atoms with Crippen molar-refractivity contribution >= 4 is 0 Å². The molecule has 1 saturated heterocycles. The third-order valence-electron chi connectivity index (χ3n) is 3.72. The Hall–Kier alpha value is -0.860. The molecular weight excluding hydrogens is 198 g/mol. The Labute approximate surface area is 97.8 Å². The van der Waals surface area contributed by atoms with Crippen molar-refractivity contribution in [1.29, 1.82) is 0 Å². The van der Waals surface area contributed by atoms with Crippen LogP contribution in [-0.2, 0) is 10.2 Å². The molecule has 1 aliphatic heterocycles. The fraction of sp³-hybridized carbons (Fsp3) is 0.571. The van der Waals surface area contributed by atoms with E-state index in [4.69, 9.17) is 10.5 Å². The van der Waals surface area contributed by atoms with E-state index in [9.17, 15) is 0 Å². The zero-order chi connectivity index (χ0) is 11.6. The maximum atomic E-state index is 5.98. The molecule has 1 aromatic carbocycles. The molecule has 1 aliphatic rings. The summed E-state index contributed by atoms with van der Waals surface area (Å²) >= 11 is 0. The monoisotopic (exact) mass is 219 g/mol. The molecule has 2 nitrogen and oxygen atoms in total. The normalized spacial score (nSPS) is 28.9. The quantitative estimate of drug-likeness (QED) is 0.829. The molecule has 0 spiro atoms. The second-order valence-corrected chi connectivity index (χ2v) is 5.40. The average Bonchev–Trinajstić information content (AvgIpc) is 2.31. The van der Waals surface area contributed by atoms with Crippen LogP contribution < -0.4 is 5.73 Å². The highest BCUT2D eigenvalue weighted by Crippen LogP contribution is 2.37. The largest absolute Gasteiger partial charge is 0.375 e. The minimum absolute atomic E-state index is 0.00739. The first kappa shape index (κ1) is 11.6. The van der Waals surface area contributed by atoms with Crippen molar-refractivity contribution < 1.29 is 4.74 Å². The molecule has 1 atom stereocenters. The van der Waals surface area contributed by atoms with Gasteiger partial charge in [-0.3, -0.25) is 0 Å². The van der Waals surface area contributed by atoms with Crippen LogP contribution in [0.1, 0.15) is 32.3 Å². The Kier molecular flexibility index (Phi) is 3.04. The summed E-state index contributed by atoms with van der Waals surface area (Å²) in [6.07, 6.45) is 2.18. The second-order valence-electron chi connectivity index (χ2n) is 5.40. The van der Waals surface area contributed by atoms with Crippen LogP contribution >= 0.6 is 0 Å². The molecule has 0 amide bonds. The van der Waals surface area contributed by atoms with Gasteiger partial charge in [-0.25, -0.2) is 0 Å². The molecule has 88 valence electrons. The van der Waals surface area contributed by atoms with Crippen molar-refractivity contribution in [2.24, 2.45) is 5.73 Å². The minimum Gasteiger partial charge on any atom is -0.375 e. The molecule has 1 heterocycles. The number of rotatable bonds is 2. The summed E-state index contributed by atoms with van der Waals surface area (Å²) in [4.78, 5) is 0. The number of ether oxygens (including phenoxy) is 1. The molecule has 0 aliphatic carbocycles. The minimum atomic E-state index is 0.00739. The Morgan fingerprint density at radius 3 is 2.38 bits per heavy atom. The van der Waals surface area contributed by atoms with Gasteiger partial charge < -0.3 is 10.5 Å². The summed E-state index contributed by atoms with van der Waals surface area (Å²) < 4.78 is 5.95. The molecule has 0 bridgehead atoms. The van der Waals surface area contributed by atoms with Gasteiger partial charge in [0.05, 0.1) is 12.2 Å². The molecule has 2 heteroatoms. The predicted molar refractivity (Wildman–Crippen MR) is 66.4 cm³/mol. The van der Waals surface area contributed by atoms with E-state index in [1.165, 1.54) is 5.56 Å². The van der Waals surface area contributed by atoms with Crippen LogP contribution in [0, 0.1) is 0 Å². The summed E-state index contributed by atoms with van der Waals surface area (Å²) in [5, 5.41) is 0. The third-order valence-corrected chi connectivity index (χ3v) is 3.72. The van der Waals surface area contributed by atoms with E-state index in [1.807, 2.05) is 6.07 Å². The predicted octanol–water partition coefficient (Wildman–Crippen LogP) is 2.47. The lowest BCUT2D eigenvalue weighted by molar-refractivity contribution is -0.0861. The SMILES string of the molecule is CC1(C)CCC(CN)(c2ccccc2)CO1. The van der Waals surface area contributed by atoms with Crippen molar-refractivity contribution in [2.75, 3.05) is 13.2 Å². The molecule has 1 unspecified atom stereocenters. The molecule has 0 saturated carbocycles. The Morgan fingerprint density at radius 2 is 1.88 bits per heavy atom. The number of hydrogen-bond donors (Lipinski definition) is 1. The Balaban J connectivity index is 2.23. The summed E-state index contributed by atoms with van der Waals surface area (Å²) in [6.45, 7) is 5.70. The summed E-state index contributed by atoms with van der Waals surface area (Å²) in [5.41, 5.74) is 7.32. The van der Waals surface area contributed by atoms with Crippen LogP contribution in [0.25, 0.3) is 0 Å². The lowest BCUT2D eigenvalue weighted by Gasteiger charge is -2.43. The molecular formula is C14H21NO. The fourth-order valence-corrected chi connectivity index (χ4v) is 2.32. The van der Waals surface area contributed by atoms with E-state index in [0.29, 0.717) is 6.54 Å². The first-order valence-corrected chi connectivity index (χ1v) is 5.98. The van der Waals surface area contributed by atoms with Crippen LogP contribution in [0.3, 0.4) is 0 Å². The van der Waals surface area contributed by atoms with Gasteiger partial charge >= 0.3 is 0 Å². The van der Waals surface area contributed by atoms with Gasteiger partial charge in [-0.2, -0.15) is 0 Å². The van der Waals surface area contributed by atoms with Crippen LogP contribution in [0.15, 0.2) is 30.3 Å². The van der Waals surface area contributed by atoms with Crippen LogP contribution in [-0.4, -0.2) is 18.8 Å². The molecule has 16 heavy (non-hydrogen) atoms. The smallest absolute Gasteiger partial charge is 0.0627 e. The average molecular weight is 219 g/mol. The first-order chi connectivity index (χ1) is 7.58. The van der Waals surface area contributed by atoms with Crippen molar-refractivity contribution in [2.45, 2.75) is 37.7 Å². The first-order valence-electron chi connectivity index (χ1n) is 5.98. The van der Waals surface area contributed by atoms with Gasteiger partial charge in [0, 0.05) is 12.0 Å². The highest BCUT2D eigenvalue weighted by Gasteiger charge is 2.39. The summed E-state index contributed by atoms with van der Waals surface area (Å²) in [7, 11) is 0. The van der Waals surface area contributed by atoms with Gasteiger partial charge in [-0.05, 0) is 32.3 Å². The van der Waals surface area contributed by atoms with E-state index in [2.05, 4.69) is 38.1 Å². The van der Waals surface area contributed by atoms with Gasteiger partial charge in [-0.15, -0.1) is 0 Å². The molecule has 1 fully saturated rings. The Morgan fingerprint density at radius 1 is 1.19 bits per heavy atom. The summed E-state index contributed by atoms with van der Waals surface area (Å²) in [5.74, 6) is 0. The van der Waals surface area contributed by atoms with Crippen molar-refractivity contribution in [3.8, 4) is 0 Å². The van der Waals surface area contributed by atoms with Crippen molar-refractivity contribution in [1.82, 2.24) is 0 Å². The number of hydrogen-bond acceptors (Lipinski definition) is 2. The third kappa shape index (κ3) is 2.13. The van der Waals surface area contributed by atoms with Crippen molar-refractivity contribution in [3.63, 3.8) is 0 Å². The van der Waals surface area contributed by atoms with E-state index < -0.39 is 0 Å². The van der Waals surface area contributed by atoms with Gasteiger partial charge in [0.2, 0.25) is 0 Å². The number of nitrogens with two attached hydrogens (primary N) is 1. The van der Waals surface area contributed by atoms with Crippen LogP contribution in [0.2, 0.25) is 0 Å². The zero-order valence-electron chi connectivity index (χ0n) is 10.2. The highest BCUT2D eigenvalue weighted by molar-refractivity contribution is 5.27. The highest BCUT2D eigenvalue weighted by atomic mass is 16.5. The van der Waals surface area contributed by atoms with Gasteiger partial charge in [0.15, 0.2) is 0 Å². The Bertz CT molecular complexity index is 335. The topological polar surface area (TPSA) is 35.2 Å². The van der Waals surface area contributed by atoms with Gasteiger partial charge in [0.1, 0.15) is 0 Å². The van der Waals surface area contributed by atoms with Crippen molar-refractivity contribution in [3.05, 3.63) is 35.9 Å². The zero-order valence-corrected chi connectivity index (χ0v) is 10.2. The molecule has 0 aromatic heterocycles. The van der Waals surface area contributed by atoms with E-state index in [0.717, 1.165) is 19.4 Å². The maximum Gasteiger partial charge on any atom is 0.0627 e. The summed E-state index contributed by atoms with van der Waals surface area (Å²) in [6, 6.07) is 10.5. The van der Waals surface area contributed by atoms with Crippen LogP contribution in [0.4, 0.5) is 0 Å². The molecule has 0 radical (unpaired) electrons. The van der Waals surface area contributed by atoms with Gasteiger partial charge in [-0.1, -0.05) is 30.3 Å². The molecule has 2 N–H and O–H groups in total. The maximum absolute atomic E-state index is 5.98. The van der Waals surface area contributed by atoms with E-state index >= 15 is 0 Å².